The fraction of sp³-hybridized carbons (Fsp3) is 0.105. The minimum absolute atomic E-state index is 0.0699. The number of phenols is 1. The summed E-state index contributed by atoms with van der Waals surface area (Å²) in [6, 6.07) is 11.4. The van der Waals surface area contributed by atoms with Gasteiger partial charge >= 0.3 is 0 Å². The van der Waals surface area contributed by atoms with Crippen LogP contribution >= 0.6 is 27.7 Å². The van der Waals surface area contributed by atoms with Crippen molar-refractivity contribution in [3.63, 3.8) is 0 Å². The van der Waals surface area contributed by atoms with Gasteiger partial charge in [-0.2, -0.15) is 0 Å². The first-order valence-corrected chi connectivity index (χ1v) is 9.66. The van der Waals surface area contributed by atoms with E-state index in [2.05, 4.69) is 21.2 Å². The Balaban J connectivity index is 1.68. The van der Waals surface area contributed by atoms with Crippen molar-refractivity contribution in [3.05, 3.63) is 57.4 Å². The molecule has 3 rings (SSSR count). The zero-order chi connectivity index (χ0) is 20.3. The molecule has 0 radical (unpaired) electrons. The lowest BCUT2D eigenvalue weighted by Crippen LogP contribution is -2.36. The number of rotatable bonds is 5. The number of aromatic hydroxyl groups is 1. The molecule has 0 aliphatic carbocycles. The van der Waals surface area contributed by atoms with Crippen molar-refractivity contribution in [1.29, 1.82) is 0 Å². The highest BCUT2D eigenvalue weighted by atomic mass is 79.9. The quantitative estimate of drug-likeness (QED) is 0.655. The summed E-state index contributed by atoms with van der Waals surface area (Å²) in [7, 11) is 1.54. The Kier molecular flexibility index (Phi) is 6.05. The fourth-order valence-corrected chi connectivity index (χ4v) is 3.65. The van der Waals surface area contributed by atoms with Crippen LogP contribution in [0, 0.1) is 0 Å². The summed E-state index contributed by atoms with van der Waals surface area (Å²) in [4.78, 5) is 38.0. The van der Waals surface area contributed by atoms with Gasteiger partial charge in [-0.15, -0.1) is 0 Å². The second kappa shape index (κ2) is 8.49. The van der Waals surface area contributed by atoms with Gasteiger partial charge in [0.2, 0.25) is 5.91 Å². The lowest BCUT2D eigenvalue weighted by Gasteiger charge is -2.12. The van der Waals surface area contributed by atoms with Crippen molar-refractivity contribution in [2.75, 3.05) is 19.0 Å². The minimum Gasteiger partial charge on any atom is -0.507 e. The molecule has 1 heterocycles. The molecule has 0 unspecified atom stereocenters. The van der Waals surface area contributed by atoms with Crippen LogP contribution in [0.25, 0.3) is 6.08 Å². The SMILES string of the molecule is COc1ccc(NC(=O)CN2C(=O)S/C(=C/c3ccc(O)c(Br)c3)C2=O)cc1. The maximum atomic E-state index is 12.5. The average molecular weight is 463 g/mol. The van der Waals surface area contributed by atoms with Gasteiger partial charge in [0.25, 0.3) is 11.1 Å². The molecule has 0 aromatic heterocycles. The molecule has 1 saturated heterocycles. The number of ether oxygens (including phenoxy) is 1. The number of hydrogen-bond donors (Lipinski definition) is 2. The molecule has 0 spiro atoms. The van der Waals surface area contributed by atoms with E-state index < -0.39 is 17.1 Å². The Morgan fingerprint density at radius 1 is 1.25 bits per heavy atom. The Morgan fingerprint density at radius 3 is 2.61 bits per heavy atom. The number of phenolic OH excluding ortho intramolecular Hbond substituents is 1. The van der Waals surface area contributed by atoms with Crippen LogP contribution in [0.2, 0.25) is 0 Å². The van der Waals surface area contributed by atoms with Gasteiger partial charge in [0.05, 0.1) is 16.5 Å². The number of anilines is 1. The summed E-state index contributed by atoms with van der Waals surface area (Å²) in [5.74, 6) is -0.305. The lowest BCUT2D eigenvalue weighted by atomic mass is 10.2. The first kappa shape index (κ1) is 20.0. The minimum atomic E-state index is -0.538. The molecule has 1 aliphatic heterocycles. The zero-order valence-corrected chi connectivity index (χ0v) is 17.0. The van der Waals surface area contributed by atoms with Gasteiger partial charge in [0, 0.05) is 5.69 Å². The first-order chi connectivity index (χ1) is 13.4. The van der Waals surface area contributed by atoms with Crippen LogP contribution in [0.1, 0.15) is 5.56 Å². The number of halogens is 1. The number of thioether (sulfide) groups is 1. The van der Waals surface area contributed by atoms with Crippen molar-refractivity contribution in [3.8, 4) is 11.5 Å². The van der Waals surface area contributed by atoms with E-state index in [1.807, 2.05) is 0 Å². The fourth-order valence-electron chi connectivity index (χ4n) is 2.42. The maximum absolute atomic E-state index is 12.5. The second-order valence-electron chi connectivity index (χ2n) is 5.76. The molecule has 3 amide bonds. The Morgan fingerprint density at radius 2 is 1.96 bits per heavy atom. The topological polar surface area (TPSA) is 95.9 Å². The van der Waals surface area contributed by atoms with Crippen LogP contribution in [-0.2, 0) is 9.59 Å². The molecule has 9 heteroatoms. The summed E-state index contributed by atoms with van der Waals surface area (Å²) in [6.07, 6.45) is 1.54. The summed E-state index contributed by atoms with van der Waals surface area (Å²) in [5, 5.41) is 11.7. The number of hydrogen-bond acceptors (Lipinski definition) is 6. The number of nitrogens with zero attached hydrogens (tertiary/aromatic N) is 1. The Hall–Kier alpha value is -2.78. The lowest BCUT2D eigenvalue weighted by molar-refractivity contribution is -0.127. The van der Waals surface area contributed by atoms with Crippen LogP contribution in [0.4, 0.5) is 10.5 Å². The Labute approximate surface area is 173 Å². The molecule has 0 saturated carbocycles. The Bertz CT molecular complexity index is 975. The van der Waals surface area contributed by atoms with Crippen LogP contribution in [0.15, 0.2) is 51.8 Å². The van der Waals surface area contributed by atoms with E-state index in [1.165, 1.54) is 19.3 Å². The highest BCUT2D eigenvalue weighted by Gasteiger charge is 2.36. The summed E-state index contributed by atoms with van der Waals surface area (Å²) >= 11 is 3.96. The monoisotopic (exact) mass is 462 g/mol. The first-order valence-electron chi connectivity index (χ1n) is 8.05. The maximum Gasteiger partial charge on any atom is 0.294 e. The van der Waals surface area contributed by atoms with Crippen molar-refractivity contribution < 1.29 is 24.2 Å². The van der Waals surface area contributed by atoms with Crippen LogP contribution in [0.5, 0.6) is 11.5 Å². The number of amides is 3. The molecule has 1 aliphatic rings. The zero-order valence-electron chi connectivity index (χ0n) is 14.6. The predicted octanol–water partition coefficient (Wildman–Crippen LogP) is 3.84. The van der Waals surface area contributed by atoms with Crippen molar-refractivity contribution in [2.45, 2.75) is 0 Å². The third kappa shape index (κ3) is 4.55. The van der Waals surface area contributed by atoms with Crippen LogP contribution in [0.3, 0.4) is 0 Å². The van der Waals surface area contributed by atoms with Gasteiger partial charge < -0.3 is 15.2 Å². The largest absolute Gasteiger partial charge is 0.507 e. The molecule has 2 aromatic rings. The predicted molar refractivity (Wildman–Crippen MR) is 110 cm³/mol. The van der Waals surface area contributed by atoms with E-state index in [9.17, 15) is 19.5 Å². The van der Waals surface area contributed by atoms with E-state index in [-0.39, 0.29) is 17.2 Å². The van der Waals surface area contributed by atoms with Gasteiger partial charge in [-0.25, -0.2) is 0 Å². The molecule has 28 heavy (non-hydrogen) atoms. The van der Waals surface area contributed by atoms with Crippen LogP contribution in [-0.4, -0.2) is 40.7 Å². The number of benzene rings is 2. The van der Waals surface area contributed by atoms with Crippen molar-refractivity contribution >= 4 is 56.5 Å². The molecule has 0 atom stereocenters. The third-order valence-electron chi connectivity index (χ3n) is 3.82. The molecule has 7 nitrogen and oxygen atoms in total. The number of nitrogens with one attached hydrogen (secondary N) is 1. The van der Waals surface area contributed by atoms with E-state index in [1.54, 1.807) is 36.4 Å². The molecule has 144 valence electrons. The number of imide groups is 1. The normalized spacial score (nSPS) is 15.2. The number of carbonyl (C=O) groups is 3. The smallest absolute Gasteiger partial charge is 0.294 e. The van der Waals surface area contributed by atoms with E-state index in [4.69, 9.17) is 4.74 Å². The number of carbonyl (C=O) groups excluding carboxylic acids is 3. The third-order valence-corrected chi connectivity index (χ3v) is 5.36. The summed E-state index contributed by atoms with van der Waals surface area (Å²) < 4.78 is 5.52. The standard InChI is InChI=1S/C19H15BrN2O5S/c1-27-13-5-3-12(4-6-13)21-17(24)10-22-18(25)16(28-19(22)26)9-11-2-7-15(23)14(20)8-11/h2-9,23H,10H2,1H3,(H,21,24)/b16-9+. The van der Waals surface area contributed by atoms with Crippen molar-refractivity contribution in [2.24, 2.45) is 0 Å². The van der Waals surface area contributed by atoms with E-state index in [0.29, 0.717) is 21.5 Å². The summed E-state index contributed by atoms with van der Waals surface area (Å²) in [6.45, 7) is -0.382. The molecule has 2 aromatic carbocycles. The van der Waals surface area contributed by atoms with E-state index in [0.717, 1.165) is 16.7 Å². The number of methoxy groups -OCH3 is 1. The van der Waals surface area contributed by atoms with Gasteiger partial charge in [0.15, 0.2) is 0 Å². The second-order valence-corrected chi connectivity index (χ2v) is 7.60. The molecular formula is C19H15BrN2O5S. The molecule has 0 bridgehead atoms. The highest BCUT2D eigenvalue weighted by Crippen LogP contribution is 2.33. The van der Waals surface area contributed by atoms with Crippen molar-refractivity contribution in [1.82, 2.24) is 4.90 Å². The molecule has 1 fully saturated rings. The van der Waals surface area contributed by atoms with E-state index >= 15 is 0 Å². The molecular weight excluding hydrogens is 448 g/mol. The summed E-state index contributed by atoms with van der Waals surface area (Å²) in [5.41, 5.74) is 1.17. The molecule has 2 N–H and O–H groups in total. The van der Waals surface area contributed by atoms with Gasteiger partial charge in [-0.05, 0) is 75.7 Å². The van der Waals surface area contributed by atoms with Gasteiger partial charge in [-0.1, -0.05) is 6.07 Å². The van der Waals surface area contributed by atoms with Gasteiger partial charge in [-0.3, -0.25) is 19.3 Å². The van der Waals surface area contributed by atoms with Gasteiger partial charge in [0.1, 0.15) is 18.0 Å². The average Bonchev–Trinajstić information content (AvgIpc) is 2.92. The highest BCUT2D eigenvalue weighted by molar-refractivity contribution is 9.10. The van der Waals surface area contributed by atoms with Crippen LogP contribution < -0.4 is 10.1 Å².